The average Bonchev–Trinajstić information content (AvgIpc) is 2.99. The number of imidazole rings is 1. The molecule has 0 spiro atoms. The normalized spacial score (nSPS) is 20.6. The Hall–Kier alpha value is -1.39. The smallest absolute Gasteiger partial charge is 0.111 e. The molecule has 0 amide bonds. The van der Waals surface area contributed by atoms with E-state index >= 15 is 0 Å². The van der Waals surface area contributed by atoms with Crippen LogP contribution in [0.3, 0.4) is 0 Å². The highest BCUT2D eigenvalue weighted by Crippen LogP contribution is 2.28. The standard InChI is InChI=1S/C18H27N3O/c1-3-18(22,4-2)13-21-11-7-8-14(12-21)17-19-15-9-5-6-10-16(15)20-17/h5-6,9-10,14,22H,3-4,7-8,11-13H2,1-2H3,(H,19,20)/t14-/m1/s1. The third-order valence-corrected chi connectivity index (χ3v) is 5.13. The molecule has 1 fully saturated rings. The molecule has 0 radical (unpaired) electrons. The van der Waals surface area contributed by atoms with Crippen molar-refractivity contribution in [2.45, 2.75) is 51.0 Å². The van der Waals surface area contributed by atoms with Crippen molar-refractivity contribution in [1.29, 1.82) is 0 Å². The van der Waals surface area contributed by atoms with Crippen molar-refractivity contribution in [3.63, 3.8) is 0 Å². The molecule has 1 aromatic carbocycles. The summed E-state index contributed by atoms with van der Waals surface area (Å²) in [6.07, 6.45) is 3.98. The van der Waals surface area contributed by atoms with Gasteiger partial charge in [0, 0.05) is 19.0 Å². The first-order valence-corrected chi connectivity index (χ1v) is 8.53. The van der Waals surface area contributed by atoms with Crippen molar-refractivity contribution in [2.24, 2.45) is 0 Å². The second-order valence-corrected chi connectivity index (χ2v) is 6.64. The van der Waals surface area contributed by atoms with E-state index in [9.17, 15) is 5.11 Å². The van der Waals surface area contributed by atoms with Gasteiger partial charge in [0.05, 0.1) is 16.6 Å². The van der Waals surface area contributed by atoms with Gasteiger partial charge in [0.1, 0.15) is 5.82 Å². The van der Waals surface area contributed by atoms with Crippen LogP contribution in [0.15, 0.2) is 24.3 Å². The number of H-pyrrole nitrogens is 1. The topological polar surface area (TPSA) is 52.1 Å². The van der Waals surface area contributed by atoms with E-state index in [-0.39, 0.29) is 0 Å². The molecule has 1 atom stereocenters. The van der Waals surface area contributed by atoms with E-state index in [2.05, 4.69) is 35.9 Å². The number of aromatic nitrogens is 2. The number of likely N-dealkylation sites (tertiary alicyclic amines) is 1. The van der Waals surface area contributed by atoms with Crippen LogP contribution >= 0.6 is 0 Å². The Balaban J connectivity index is 1.72. The fourth-order valence-electron chi connectivity index (χ4n) is 3.48. The average molecular weight is 301 g/mol. The zero-order chi connectivity index (χ0) is 15.6. The second-order valence-electron chi connectivity index (χ2n) is 6.64. The van der Waals surface area contributed by atoms with Gasteiger partial charge in [0.15, 0.2) is 0 Å². The molecule has 22 heavy (non-hydrogen) atoms. The van der Waals surface area contributed by atoms with E-state index in [4.69, 9.17) is 4.98 Å². The largest absolute Gasteiger partial charge is 0.389 e. The molecule has 0 saturated carbocycles. The lowest BCUT2D eigenvalue weighted by molar-refractivity contribution is -0.0101. The molecular weight excluding hydrogens is 274 g/mol. The van der Waals surface area contributed by atoms with Crippen LogP contribution in [0.4, 0.5) is 0 Å². The zero-order valence-corrected chi connectivity index (χ0v) is 13.7. The summed E-state index contributed by atoms with van der Waals surface area (Å²) in [7, 11) is 0. The highest BCUT2D eigenvalue weighted by molar-refractivity contribution is 5.74. The molecule has 120 valence electrons. The van der Waals surface area contributed by atoms with Gasteiger partial charge in [-0.25, -0.2) is 4.98 Å². The zero-order valence-electron chi connectivity index (χ0n) is 13.7. The van der Waals surface area contributed by atoms with Crippen LogP contribution in [0.1, 0.15) is 51.3 Å². The van der Waals surface area contributed by atoms with Gasteiger partial charge in [-0.05, 0) is 44.4 Å². The third-order valence-electron chi connectivity index (χ3n) is 5.13. The number of β-amino-alcohol motifs (C(OH)–C–C–N with tert-alkyl or cyclic N) is 1. The van der Waals surface area contributed by atoms with Crippen molar-refractivity contribution in [3.05, 3.63) is 30.1 Å². The molecule has 4 nitrogen and oxygen atoms in total. The number of hydrogen-bond donors (Lipinski definition) is 2. The Morgan fingerprint density at radius 2 is 2.09 bits per heavy atom. The quantitative estimate of drug-likeness (QED) is 0.891. The number of aromatic amines is 1. The van der Waals surface area contributed by atoms with Gasteiger partial charge >= 0.3 is 0 Å². The minimum atomic E-state index is -0.546. The maximum atomic E-state index is 10.6. The van der Waals surface area contributed by atoms with Crippen molar-refractivity contribution in [2.75, 3.05) is 19.6 Å². The summed E-state index contributed by atoms with van der Waals surface area (Å²) in [6.45, 7) is 6.99. The first kappa shape index (κ1) is 15.5. The molecule has 1 aromatic heterocycles. The van der Waals surface area contributed by atoms with Gasteiger partial charge in [0.25, 0.3) is 0 Å². The Bertz CT molecular complexity index is 585. The van der Waals surface area contributed by atoms with E-state index in [1.54, 1.807) is 0 Å². The monoisotopic (exact) mass is 301 g/mol. The molecule has 4 heteroatoms. The van der Waals surface area contributed by atoms with Crippen molar-refractivity contribution in [1.82, 2.24) is 14.9 Å². The van der Waals surface area contributed by atoms with Gasteiger partial charge in [-0.3, -0.25) is 4.90 Å². The lowest BCUT2D eigenvalue weighted by Gasteiger charge is -2.37. The Kier molecular flexibility index (Phi) is 4.50. The minimum Gasteiger partial charge on any atom is -0.389 e. The summed E-state index contributed by atoms with van der Waals surface area (Å²) in [5, 5.41) is 10.6. The summed E-state index contributed by atoms with van der Waals surface area (Å²) < 4.78 is 0. The summed E-state index contributed by atoms with van der Waals surface area (Å²) in [5.41, 5.74) is 1.62. The fourth-order valence-corrected chi connectivity index (χ4v) is 3.48. The van der Waals surface area contributed by atoms with E-state index in [0.717, 1.165) is 49.3 Å². The number of benzene rings is 1. The second kappa shape index (κ2) is 6.39. The van der Waals surface area contributed by atoms with Crippen LogP contribution in [0.5, 0.6) is 0 Å². The SMILES string of the molecule is CCC(O)(CC)CN1CCC[C@@H](c2nc3ccccc3[nH]2)C1. The number of fused-ring (bicyclic) bond motifs is 1. The number of piperidine rings is 1. The Morgan fingerprint density at radius 1 is 1.32 bits per heavy atom. The predicted octanol–water partition coefficient (Wildman–Crippen LogP) is 3.29. The molecule has 2 heterocycles. The number of aliphatic hydroxyl groups is 1. The van der Waals surface area contributed by atoms with E-state index in [1.165, 1.54) is 12.8 Å². The first-order chi connectivity index (χ1) is 10.6. The molecule has 1 saturated heterocycles. The maximum Gasteiger partial charge on any atom is 0.111 e. The van der Waals surface area contributed by atoms with Crippen LogP contribution in [0.25, 0.3) is 11.0 Å². The molecule has 2 N–H and O–H groups in total. The third kappa shape index (κ3) is 3.18. The highest BCUT2D eigenvalue weighted by atomic mass is 16.3. The molecule has 3 rings (SSSR count). The molecule has 1 aliphatic heterocycles. The van der Waals surface area contributed by atoms with Gasteiger partial charge in [0.2, 0.25) is 0 Å². The van der Waals surface area contributed by atoms with Gasteiger partial charge < -0.3 is 10.1 Å². The van der Waals surface area contributed by atoms with Gasteiger partial charge in [-0.1, -0.05) is 26.0 Å². The fraction of sp³-hybridized carbons (Fsp3) is 0.611. The molecule has 0 unspecified atom stereocenters. The maximum absolute atomic E-state index is 10.6. The summed E-state index contributed by atoms with van der Waals surface area (Å²) in [4.78, 5) is 10.7. The Morgan fingerprint density at radius 3 is 2.82 bits per heavy atom. The van der Waals surface area contributed by atoms with E-state index in [0.29, 0.717) is 5.92 Å². The first-order valence-electron chi connectivity index (χ1n) is 8.53. The highest BCUT2D eigenvalue weighted by Gasteiger charge is 2.30. The van der Waals surface area contributed by atoms with Crippen LogP contribution in [-0.2, 0) is 0 Å². The minimum absolute atomic E-state index is 0.444. The summed E-state index contributed by atoms with van der Waals surface area (Å²) >= 11 is 0. The van der Waals surface area contributed by atoms with Gasteiger partial charge in [-0.2, -0.15) is 0 Å². The predicted molar refractivity (Wildman–Crippen MR) is 90.0 cm³/mol. The molecule has 0 bridgehead atoms. The van der Waals surface area contributed by atoms with Gasteiger partial charge in [-0.15, -0.1) is 0 Å². The lowest BCUT2D eigenvalue weighted by atomic mass is 9.92. The number of para-hydroxylation sites is 2. The van der Waals surface area contributed by atoms with Crippen LogP contribution in [0, 0.1) is 0 Å². The van der Waals surface area contributed by atoms with Crippen molar-refractivity contribution < 1.29 is 5.11 Å². The van der Waals surface area contributed by atoms with Crippen LogP contribution in [0.2, 0.25) is 0 Å². The van der Waals surface area contributed by atoms with Crippen molar-refractivity contribution in [3.8, 4) is 0 Å². The molecule has 0 aliphatic carbocycles. The number of rotatable bonds is 5. The number of hydrogen-bond acceptors (Lipinski definition) is 3. The van der Waals surface area contributed by atoms with Crippen molar-refractivity contribution >= 4 is 11.0 Å². The molecule has 2 aromatic rings. The Labute approximate surface area is 132 Å². The van der Waals surface area contributed by atoms with Crippen LogP contribution in [-0.4, -0.2) is 45.2 Å². The number of nitrogens with zero attached hydrogens (tertiary/aromatic N) is 2. The van der Waals surface area contributed by atoms with E-state index in [1.807, 2.05) is 12.1 Å². The van der Waals surface area contributed by atoms with E-state index < -0.39 is 5.60 Å². The lowest BCUT2D eigenvalue weighted by Crippen LogP contribution is -2.46. The van der Waals surface area contributed by atoms with Crippen LogP contribution < -0.4 is 0 Å². The summed E-state index contributed by atoms with van der Waals surface area (Å²) in [5.74, 6) is 1.54. The molecular formula is C18H27N3O. The summed E-state index contributed by atoms with van der Waals surface area (Å²) in [6, 6.07) is 8.21. The number of nitrogens with one attached hydrogen (secondary N) is 1. The molecule has 1 aliphatic rings.